The molecule has 0 fully saturated rings. The second-order valence-corrected chi connectivity index (χ2v) is 4.80. The van der Waals surface area contributed by atoms with Crippen molar-refractivity contribution in [2.24, 2.45) is 11.6 Å². The average Bonchev–Trinajstić information content (AvgIpc) is 2.65. The molecule has 0 aliphatic heterocycles. The van der Waals surface area contributed by atoms with E-state index in [2.05, 4.69) is 17.3 Å². The number of benzene rings is 2. The molecule has 0 atom stereocenters. The van der Waals surface area contributed by atoms with Crippen LogP contribution in [0.4, 0.5) is 0 Å². The van der Waals surface area contributed by atoms with E-state index < -0.39 is 11.7 Å². The molecule has 0 aliphatic carbocycles. The van der Waals surface area contributed by atoms with Crippen LogP contribution in [0.2, 0.25) is 0 Å². The number of nitrogens with one attached hydrogen (secondary N) is 1. The van der Waals surface area contributed by atoms with Crippen molar-refractivity contribution in [1.29, 1.82) is 0 Å². The summed E-state index contributed by atoms with van der Waals surface area (Å²) >= 11 is 0. The highest BCUT2D eigenvalue weighted by atomic mass is 16.5. The number of carboxylic acids is 1. The van der Waals surface area contributed by atoms with Crippen molar-refractivity contribution in [1.82, 2.24) is 5.43 Å². The van der Waals surface area contributed by atoms with Gasteiger partial charge in [-0.1, -0.05) is 17.9 Å². The van der Waals surface area contributed by atoms with Gasteiger partial charge in [0.15, 0.2) is 5.70 Å². The van der Waals surface area contributed by atoms with Crippen LogP contribution in [-0.2, 0) is 4.79 Å². The van der Waals surface area contributed by atoms with Gasteiger partial charge in [0.25, 0.3) is 0 Å². The van der Waals surface area contributed by atoms with Crippen LogP contribution in [0.3, 0.4) is 0 Å². The SMILES string of the molecule is COc1cccc(C#Cc2ccc(O/C(NN)=C(/N)C(=O)O)cc2)c1. The normalized spacial score (nSPS) is 10.8. The maximum absolute atomic E-state index is 10.8. The van der Waals surface area contributed by atoms with Gasteiger partial charge in [0.05, 0.1) is 7.11 Å². The fraction of sp³-hybridized carbons (Fsp3) is 0.0556. The van der Waals surface area contributed by atoms with Crippen molar-refractivity contribution in [3.63, 3.8) is 0 Å². The van der Waals surface area contributed by atoms with Gasteiger partial charge in [-0.3, -0.25) is 5.43 Å². The van der Waals surface area contributed by atoms with Gasteiger partial charge in [-0.2, -0.15) is 0 Å². The molecule has 25 heavy (non-hydrogen) atoms. The van der Waals surface area contributed by atoms with Gasteiger partial charge in [0.2, 0.25) is 5.88 Å². The molecular weight excluding hydrogens is 322 g/mol. The molecule has 0 saturated carbocycles. The van der Waals surface area contributed by atoms with Crippen molar-refractivity contribution in [2.75, 3.05) is 7.11 Å². The van der Waals surface area contributed by atoms with Gasteiger partial charge < -0.3 is 20.3 Å². The van der Waals surface area contributed by atoms with Gasteiger partial charge in [-0.25, -0.2) is 10.6 Å². The first-order valence-electron chi connectivity index (χ1n) is 7.17. The van der Waals surface area contributed by atoms with E-state index in [0.717, 1.165) is 16.9 Å². The monoisotopic (exact) mass is 339 g/mol. The molecule has 0 amide bonds. The van der Waals surface area contributed by atoms with E-state index in [-0.39, 0.29) is 5.88 Å². The predicted octanol–water partition coefficient (Wildman–Crippen LogP) is 1.15. The van der Waals surface area contributed by atoms with Crippen LogP contribution in [0.5, 0.6) is 11.5 Å². The van der Waals surface area contributed by atoms with Gasteiger partial charge in [-0.05, 0) is 42.5 Å². The minimum Gasteiger partial charge on any atom is -0.497 e. The summed E-state index contributed by atoms with van der Waals surface area (Å²) in [5.41, 5.74) is 8.54. The zero-order valence-corrected chi connectivity index (χ0v) is 13.4. The second-order valence-electron chi connectivity index (χ2n) is 4.80. The van der Waals surface area contributed by atoms with E-state index in [9.17, 15) is 4.79 Å². The van der Waals surface area contributed by atoms with E-state index in [1.54, 1.807) is 31.4 Å². The van der Waals surface area contributed by atoms with Crippen LogP contribution in [0.25, 0.3) is 0 Å². The molecular formula is C18H17N3O4. The summed E-state index contributed by atoms with van der Waals surface area (Å²) in [7, 11) is 1.60. The van der Waals surface area contributed by atoms with Crippen LogP contribution in [-0.4, -0.2) is 18.2 Å². The van der Waals surface area contributed by atoms with Gasteiger partial charge in [-0.15, -0.1) is 0 Å². The summed E-state index contributed by atoms with van der Waals surface area (Å²) < 4.78 is 10.5. The number of methoxy groups -OCH3 is 1. The van der Waals surface area contributed by atoms with E-state index in [1.807, 2.05) is 24.3 Å². The van der Waals surface area contributed by atoms with Gasteiger partial charge in [0, 0.05) is 11.1 Å². The van der Waals surface area contributed by atoms with Crippen LogP contribution in [0.1, 0.15) is 11.1 Å². The van der Waals surface area contributed by atoms with Crippen LogP contribution in [0.15, 0.2) is 60.1 Å². The highest BCUT2D eigenvalue weighted by Gasteiger charge is 2.11. The summed E-state index contributed by atoms with van der Waals surface area (Å²) in [5, 5.41) is 8.84. The molecule has 2 aromatic rings. The molecule has 0 saturated heterocycles. The number of ether oxygens (including phenoxy) is 2. The Morgan fingerprint density at radius 1 is 1.08 bits per heavy atom. The Morgan fingerprint density at radius 3 is 2.36 bits per heavy atom. The number of aliphatic carboxylic acids is 1. The standard InChI is InChI=1S/C18H17N3O4/c1-24-15-4-2-3-13(11-15)6-5-12-7-9-14(10-8-12)25-17(21-20)16(19)18(22)23/h2-4,7-11,21H,19-20H2,1H3,(H,22,23)/b17-16+. The first-order valence-corrected chi connectivity index (χ1v) is 7.17. The maximum Gasteiger partial charge on any atom is 0.357 e. The molecule has 2 rings (SSSR count). The molecule has 6 N–H and O–H groups in total. The molecule has 7 nitrogen and oxygen atoms in total. The highest BCUT2D eigenvalue weighted by molar-refractivity contribution is 5.85. The Bertz CT molecular complexity index is 849. The Kier molecular flexibility index (Phi) is 5.87. The van der Waals surface area contributed by atoms with Gasteiger partial charge in [0.1, 0.15) is 11.5 Å². The number of hydrogen-bond acceptors (Lipinski definition) is 6. The third-order valence-electron chi connectivity index (χ3n) is 3.10. The topological polar surface area (TPSA) is 120 Å². The smallest absolute Gasteiger partial charge is 0.357 e. The lowest BCUT2D eigenvalue weighted by molar-refractivity contribution is -0.132. The number of carbonyl (C=O) groups is 1. The lowest BCUT2D eigenvalue weighted by atomic mass is 10.1. The quantitative estimate of drug-likeness (QED) is 0.212. The van der Waals surface area contributed by atoms with Gasteiger partial charge >= 0.3 is 5.97 Å². The highest BCUT2D eigenvalue weighted by Crippen LogP contribution is 2.15. The van der Waals surface area contributed by atoms with Crippen molar-refractivity contribution in [3.8, 4) is 23.3 Å². The Balaban J connectivity index is 2.14. The summed E-state index contributed by atoms with van der Waals surface area (Å²) in [4.78, 5) is 10.8. The van der Waals surface area contributed by atoms with Crippen LogP contribution >= 0.6 is 0 Å². The summed E-state index contributed by atoms with van der Waals surface area (Å²) in [6, 6.07) is 14.1. The fourth-order valence-corrected chi connectivity index (χ4v) is 1.83. The largest absolute Gasteiger partial charge is 0.497 e. The first-order chi connectivity index (χ1) is 12.0. The molecule has 128 valence electrons. The summed E-state index contributed by atoms with van der Waals surface area (Å²) in [6.45, 7) is 0. The fourth-order valence-electron chi connectivity index (χ4n) is 1.83. The Labute approximate surface area is 144 Å². The molecule has 7 heteroatoms. The van der Waals surface area contributed by atoms with E-state index in [1.165, 1.54) is 0 Å². The zero-order chi connectivity index (χ0) is 18.2. The third-order valence-corrected chi connectivity index (χ3v) is 3.10. The predicted molar refractivity (Wildman–Crippen MR) is 92.2 cm³/mol. The van der Waals surface area contributed by atoms with E-state index in [0.29, 0.717) is 5.75 Å². The number of hydrazine groups is 1. The van der Waals surface area contributed by atoms with E-state index >= 15 is 0 Å². The van der Waals surface area contributed by atoms with Crippen molar-refractivity contribution in [2.45, 2.75) is 0 Å². The lowest BCUT2D eigenvalue weighted by Gasteiger charge is -2.10. The molecule has 0 bridgehead atoms. The maximum atomic E-state index is 10.8. The molecule has 0 aliphatic rings. The number of nitrogens with two attached hydrogens (primary N) is 2. The lowest BCUT2D eigenvalue weighted by Crippen LogP contribution is -2.31. The molecule has 0 heterocycles. The number of carboxylic acid groups (broad SMARTS) is 1. The number of hydrogen-bond donors (Lipinski definition) is 4. The third kappa shape index (κ3) is 4.92. The first kappa shape index (κ1) is 17.7. The van der Waals surface area contributed by atoms with Crippen LogP contribution in [0, 0.1) is 11.8 Å². The van der Waals surface area contributed by atoms with Crippen molar-refractivity contribution < 1.29 is 19.4 Å². The minimum absolute atomic E-state index is 0.247. The van der Waals surface area contributed by atoms with E-state index in [4.69, 9.17) is 26.2 Å². The second kappa shape index (κ2) is 8.29. The zero-order valence-electron chi connectivity index (χ0n) is 13.4. The average molecular weight is 339 g/mol. The minimum atomic E-state index is -1.34. The molecule has 0 aromatic heterocycles. The van der Waals surface area contributed by atoms with Crippen LogP contribution < -0.4 is 26.5 Å². The Hall–Kier alpha value is -3.63. The molecule has 2 aromatic carbocycles. The number of rotatable bonds is 5. The van der Waals surface area contributed by atoms with Crippen molar-refractivity contribution in [3.05, 3.63) is 71.2 Å². The molecule has 0 spiro atoms. The van der Waals surface area contributed by atoms with Crippen molar-refractivity contribution >= 4 is 5.97 Å². The summed E-state index contributed by atoms with van der Waals surface area (Å²) in [6.07, 6.45) is 0. The molecule has 0 radical (unpaired) electrons. The molecule has 0 unspecified atom stereocenters. The summed E-state index contributed by atoms with van der Waals surface area (Å²) in [5.74, 6) is 10.8. The Morgan fingerprint density at radius 2 is 1.76 bits per heavy atom.